The van der Waals surface area contributed by atoms with Gasteiger partial charge < -0.3 is 10.1 Å². The molecule has 1 aliphatic heterocycles. The van der Waals surface area contributed by atoms with Gasteiger partial charge in [0.15, 0.2) is 0 Å². The lowest BCUT2D eigenvalue weighted by atomic mass is 9.92. The molecule has 102 valence electrons. The highest BCUT2D eigenvalue weighted by atomic mass is 79.9. The third kappa shape index (κ3) is 3.16. The number of ether oxygens (including phenoxy) is 1. The molecule has 1 fully saturated rings. The molecule has 0 radical (unpaired) electrons. The minimum atomic E-state index is 0.362. The van der Waals surface area contributed by atoms with Crippen LogP contribution in [0.2, 0.25) is 0 Å². The molecule has 18 heavy (non-hydrogen) atoms. The molecule has 4 heteroatoms. The van der Waals surface area contributed by atoms with Crippen molar-refractivity contribution in [2.75, 3.05) is 13.2 Å². The maximum atomic E-state index is 5.74. The summed E-state index contributed by atoms with van der Waals surface area (Å²) in [5, 5.41) is 3.71. The molecule has 2 nitrogen and oxygen atoms in total. The van der Waals surface area contributed by atoms with Gasteiger partial charge in [0.05, 0.1) is 9.89 Å². The topological polar surface area (TPSA) is 21.3 Å². The molecule has 0 aliphatic carbocycles. The first-order valence-corrected chi connectivity index (χ1v) is 8.35. The lowest BCUT2D eigenvalue weighted by Gasteiger charge is -2.26. The smallest absolute Gasteiger partial charge is 0.0731 e. The van der Waals surface area contributed by atoms with E-state index >= 15 is 0 Å². The van der Waals surface area contributed by atoms with Gasteiger partial charge in [-0.3, -0.25) is 0 Å². The number of nitrogens with one attached hydrogen (secondary N) is 1. The van der Waals surface area contributed by atoms with Crippen LogP contribution < -0.4 is 5.32 Å². The van der Waals surface area contributed by atoms with Gasteiger partial charge in [0, 0.05) is 23.4 Å². The molecule has 0 saturated carbocycles. The normalized spacial score (nSPS) is 25.6. The van der Waals surface area contributed by atoms with Crippen molar-refractivity contribution in [1.29, 1.82) is 0 Å². The molecule has 1 aliphatic rings. The molecule has 2 heterocycles. The van der Waals surface area contributed by atoms with E-state index in [0.29, 0.717) is 18.1 Å². The van der Waals surface area contributed by atoms with Crippen LogP contribution in [0.25, 0.3) is 0 Å². The van der Waals surface area contributed by atoms with Crippen LogP contribution in [-0.4, -0.2) is 19.3 Å². The molecule has 1 aromatic heterocycles. The number of rotatable bonds is 5. The Morgan fingerprint density at radius 1 is 1.61 bits per heavy atom. The highest BCUT2D eigenvalue weighted by molar-refractivity contribution is 9.11. The summed E-state index contributed by atoms with van der Waals surface area (Å²) in [6, 6.07) is 2.75. The van der Waals surface area contributed by atoms with Gasteiger partial charge in [-0.2, -0.15) is 0 Å². The van der Waals surface area contributed by atoms with Gasteiger partial charge >= 0.3 is 0 Å². The molecule has 1 saturated heterocycles. The predicted molar refractivity (Wildman–Crippen MR) is 81.3 cm³/mol. The quantitative estimate of drug-likeness (QED) is 0.869. The fourth-order valence-corrected chi connectivity index (χ4v) is 4.31. The number of aryl methyl sites for hydroxylation is 1. The van der Waals surface area contributed by atoms with Crippen LogP contribution in [0.15, 0.2) is 9.85 Å². The van der Waals surface area contributed by atoms with Gasteiger partial charge in [-0.1, -0.05) is 6.92 Å². The molecule has 0 spiro atoms. The number of thiophene rings is 1. The van der Waals surface area contributed by atoms with Crippen molar-refractivity contribution in [3.63, 3.8) is 0 Å². The van der Waals surface area contributed by atoms with Crippen LogP contribution in [0.5, 0.6) is 0 Å². The van der Waals surface area contributed by atoms with Crippen molar-refractivity contribution >= 4 is 27.3 Å². The minimum absolute atomic E-state index is 0.362. The van der Waals surface area contributed by atoms with Crippen molar-refractivity contribution in [1.82, 2.24) is 5.32 Å². The van der Waals surface area contributed by atoms with Crippen molar-refractivity contribution in [3.05, 3.63) is 20.3 Å². The second-order valence-electron chi connectivity index (χ2n) is 5.07. The Bertz CT molecular complexity index is 374. The van der Waals surface area contributed by atoms with Gasteiger partial charge in [0.25, 0.3) is 0 Å². The van der Waals surface area contributed by atoms with Crippen molar-refractivity contribution in [3.8, 4) is 0 Å². The van der Waals surface area contributed by atoms with E-state index in [1.807, 2.05) is 11.3 Å². The Morgan fingerprint density at radius 3 is 2.89 bits per heavy atom. The zero-order valence-electron chi connectivity index (χ0n) is 11.3. The van der Waals surface area contributed by atoms with E-state index < -0.39 is 0 Å². The maximum Gasteiger partial charge on any atom is 0.0731 e. The zero-order chi connectivity index (χ0) is 13.1. The molecule has 0 amide bonds. The monoisotopic (exact) mass is 331 g/mol. The molecule has 2 rings (SSSR count). The summed E-state index contributed by atoms with van der Waals surface area (Å²) in [5.41, 5.74) is 1.34. The lowest BCUT2D eigenvalue weighted by molar-refractivity contribution is 0.0957. The van der Waals surface area contributed by atoms with Crippen LogP contribution in [0, 0.1) is 12.8 Å². The highest BCUT2D eigenvalue weighted by Gasteiger charge is 2.33. The third-order valence-corrected chi connectivity index (χ3v) is 5.88. The predicted octanol–water partition coefficient (Wildman–Crippen LogP) is 4.28. The largest absolute Gasteiger partial charge is 0.378 e. The summed E-state index contributed by atoms with van der Waals surface area (Å²) in [7, 11) is 0. The number of hydrogen-bond acceptors (Lipinski definition) is 3. The Hall–Kier alpha value is 0.1000. The summed E-state index contributed by atoms with van der Waals surface area (Å²) in [5.74, 6) is 0.599. The summed E-state index contributed by atoms with van der Waals surface area (Å²) >= 11 is 5.50. The molecular weight excluding hydrogens is 310 g/mol. The van der Waals surface area contributed by atoms with Crippen molar-refractivity contribution < 1.29 is 4.74 Å². The fourth-order valence-electron chi connectivity index (χ4n) is 2.59. The van der Waals surface area contributed by atoms with Crippen LogP contribution >= 0.6 is 27.3 Å². The standard InChI is InChI=1S/C14H22BrNOS/c1-4-6-16-13(11-5-7-17-10(11)3)12-8-9(2)14(15)18-12/h8,10-11,13,16H,4-7H2,1-3H3. The minimum Gasteiger partial charge on any atom is -0.378 e. The molecule has 1 aromatic rings. The maximum absolute atomic E-state index is 5.74. The number of halogens is 1. The Labute approximate surface area is 122 Å². The van der Waals surface area contributed by atoms with Gasteiger partial charge in [-0.25, -0.2) is 0 Å². The second-order valence-corrected chi connectivity index (χ2v) is 7.47. The van der Waals surface area contributed by atoms with Crippen LogP contribution in [0.1, 0.15) is 43.2 Å². The zero-order valence-corrected chi connectivity index (χ0v) is 13.7. The van der Waals surface area contributed by atoms with E-state index in [1.54, 1.807) is 0 Å². The Balaban J connectivity index is 2.18. The molecular formula is C14H22BrNOS. The first-order chi connectivity index (χ1) is 8.63. The van der Waals surface area contributed by atoms with Gasteiger partial charge in [-0.15, -0.1) is 11.3 Å². The van der Waals surface area contributed by atoms with Gasteiger partial charge in [0.2, 0.25) is 0 Å². The Morgan fingerprint density at radius 2 is 2.39 bits per heavy atom. The molecule has 3 unspecified atom stereocenters. The molecule has 0 bridgehead atoms. The third-order valence-electron chi connectivity index (χ3n) is 3.66. The summed E-state index contributed by atoms with van der Waals surface area (Å²) < 4.78 is 6.99. The summed E-state index contributed by atoms with van der Waals surface area (Å²) in [6.07, 6.45) is 2.70. The van der Waals surface area contributed by atoms with E-state index in [-0.39, 0.29) is 0 Å². The fraction of sp³-hybridized carbons (Fsp3) is 0.714. The van der Waals surface area contributed by atoms with Gasteiger partial charge in [0.1, 0.15) is 0 Å². The van der Waals surface area contributed by atoms with Crippen LogP contribution in [0.3, 0.4) is 0 Å². The first kappa shape index (κ1) is 14.5. The van der Waals surface area contributed by atoms with E-state index in [0.717, 1.165) is 19.6 Å². The molecule has 3 atom stereocenters. The van der Waals surface area contributed by atoms with E-state index in [9.17, 15) is 0 Å². The average molecular weight is 332 g/mol. The van der Waals surface area contributed by atoms with Gasteiger partial charge in [-0.05, 0) is 60.8 Å². The number of hydrogen-bond donors (Lipinski definition) is 1. The average Bonchev–Trinajstić information content (AvgIpc) is 2.88. The van der Waals surface area contributed by atoms with E-state index in [1.165, 1.54) is 20.6 Å². The van der Waals surface area contributed by atoms with Crippen molar-refractivity contribution in [2.45, 2.75) is 45.8 Å². The van der Waals surface area contributed by atoms with E-state index in [4.69, 9.17) is 4.74 Å². The van der Waals surface area contributed by atoms with Crippen LogP contribution in [-0.2, 0) is 4.74 Å². The van der Waals surface area contributed by atoms with Crippen LogP contribution in [0.4, 0.5) is 0 Å². The van der Waals surface area contributed by atoms with Crippen molar-refractivity contribution in [2.24, 2.45) is 5.92 Å². The molecule has 1 N–H and O–H groups in total. The SMILES string of the molecule is CCCNC(c1cc(C)c(Br)s1)C1CCOC1C. The first-order valence-electron chi connectivity index (χ1n) is 6.74. The second kappa shape index (κ2) is 6.51. The molecule has 0 aromatic carbocycles. The summed E-state index contributed by atoms with van der Waals surface area (Å²) in [6.45, 7) is 8.56. The Kier molecular flexibility index (Phi) is 5.24. The lowest BCUT2D eigenvalue weighted by Crippen LogP contribution is -2.31. The summed E-state index contributed by atoms with van der Waals surface area (Å²) in [4.78, 5) is 1.44. The van der Waals surface area contributed by atoms with E-state index in [2.05, 4.69) is 48.1 Å². The highest BCUT2D eigenvalue weighted by Crippen LogP contribution is 2.39.